The van der Waals surface area contributed by atoms with Gasteiger partial charge in [0.15, 0.2) is 5.78 Å². The highest BCUT2D eigenvalue weighted by molar-refractivity contribution is 9.10. The maximum Gasteiger partial charge on any atom is 0.163 e. The van der Waals surface area contributed by atoms with Crippen molar-refractivity contribution in [2.75, 3.05) is 0 Å². The number of carbonyl (C=O) groups is 1. The number of carbonyl (C=O) groups excluding carboxylic acids is 1. The third kappa shape index (κ3) is 3.25. The number of hydrogen-bond donors (Lipinski definition) is 0. The van der Waals surface area contributed by atoms with E-state index in [-0.39, 0.29) is 18.2 Å². The summed E-state index contributed by atoms with van der Waals surface area (Å²) in [6.45, 7) is 3.62. The lowest BCUT2D eigenvalue weighted by Crippen LogP contribution is -2.03. The van der Waals surface area contributed by atoms with E-state index in [0.29, 0.717) is 21.3 Å². The first-order chi connectivity index (χ1) is 9.49. The molecular formula is C16H14BrFO2. The van der Waals surface area contributed by atoms with Crippen molar-refractivity contribution in [2.24, 2.45) is 0 Å². The van der Waals surface area contributed by atoms with E-state index >= 15 is 0 Å². The number of rotatable bonds is 4. The summed E-state index contributed by atoms with van der Waals surface area (Å²) in [6.07, 6.45) is 0. The van der Waals surface area contributed by atoms with Crippen molar-refractivity contribution in [3.8, 4) is 5.75 Å². The van der Waals surface area contributed by atoms with Gasteiger partial charge in [-0.2, -0.15) is 0 Å². The molecule has 0 heterocycles. The Kier molecular flexibility index (Phi) is 4.55. The zero-order valence-electron chi connectivity index (χ0n) is 11.2. The lowest BCUT2D eigenvalue weighted by molar-refractivity contribution is 0.101. The summed E-state index contributed by atoms with van der Waals surface area (Å²) in [4.78, 5) is 11.6. The number of halogens is 2. The van der Waals surface area contributed by atoms with Gasteiger partial charge in [-0.05, 0) is 53.5 Å². The molecule has 0 spiro atoms. The first-order valence-corrected chi connectivity index (χ1v) is 6.95. The van der Waals surface area contributed by atoms with Crippen molar-refractivity contribution < 1.29 is 13.9 Å². The SMILES string of the molecule is CC(=O)c1ccc(C)cc1OCc1cccc(F)c1Br. The van der Waals surface area contributed by atoms with Crippen LogP contribution in [0.2, 0.25) is 0 Å². The molecule has 0 amide bonds. The number of aryl methyl sites for hydroxylation is 1. The number of hydrogen-bond acceptors (Lipinski definition) is 2. The van der Waals surface area contributed by atoms with Gasteiger partial charge in [-0.25, -0.2) is 4.39 Å². The average molecular weight is 337 g/mol. The molecule has 0 aliphatic heterocycles. The van der Waals surface area contributed by atoms with Gasteiger partial charge in [0.05, 0.1) is 10.0 Å². The third-order valence-corrected chi connectivity index (χ3v) is 3.82. The van der Waals surface area contributed by atoms with Crippen molar-refractivity contribution >= 4 is 21.7 Å². The molecule has 0 radical (unpaired) electrons. The van der Waals surface area contributed by atoms with E-state index in [1.807, 2.05) is 19.1 Å². The molecule has 104 valence electrons. The summed E-state index contributed by atoms with van der Waals surface area (Å²) in [5.41, 5.74) is 2.23. The van der Waals surface area contributed by atoms with Gasteiger partial charge < -0.3 is 4.74 Å². The molecule has 0 atom stereocenters. The van der Waals surface area contributed by atoms with E-state index in [1.165, 1.54) is 13.0 Å². The Morgan fingerprint density at radius 3 is 2.75 bits per heavy atom. The molecule has 0 aliphatic rings. The minimum atomic E-state index is -0.331. The molecule has 0 N–H and O–H groups in total. The molecular weight excluding hydrogens is 323 g/mol. The fourth-order valence-electron chi connectivity index (χ4n) is 1.86. The Labute approximate surface area is 125 Å². The van der Waals surface area contributed by atoms with Gasteiger partial charge in [0, 0.05) is 5.56 Å². The monoisotopic (exact) mass is 336 g/mol. The highest BCUT2D eigenvalue weighted by atomic mass is 79.9. The van der Waals surface area contributed by atoms with Crippen LogP contribution in [0, 0.1) is 12.7 Å². The minimum Gasteiger partial charge on any atom is -0.488 e. The number of benzene rings is 2. The van der Waals surface area contributed by atoms with Crippen LogP contribution in [0.1, 0.15) is 28.4 Å². The molecule has 0 saturated heterocycles. The average Bonchev–Trinajstić information content (AvgIpc) is 2.40. The van der Waals surface area contributed by atoms with Gasteiger partial charge in [-0.15, -0.1) is 0 Å². The van der Waals surface area contributed by atoms with Crippen LogP contribution in [0.3, 0.4) is 0 Å². The quantitative estimate of drug-likeness (QED) is 0.758. The summed E-state index contributed by atoms with van der Waals surface area (Å²) in [5, 5.41) is 0. The Hall–Kier alpha value is -1.68. The molecule has 0 fully saturated rings. The molecule has 0 bridgehead atoms. The van der Waals surface area contributed by atoms with Gasteiger partial charge in [-0.1, -0.05) is 18.2 Å². The Balaban J connectivity index is 2.24. The highest BCUT2D eigenvalue weighted by Gasteiger charge is 2.11. The molecule has 20 heavy (non-hydrogen) atoms. The van der Waals surface area contributed by atoms with E-state index in [9.17, 15) is 9.18 Å². The van der Waals surface area contributed by atoms with Crippen molar-refractivity contribution in [1.82, 2.24) is 0 Å². The minimum absolute atomic E-state index is 0.0571. The normalized spacial score (nSPS) is 10.4. The zero-order chi connectivity index (χ0) is 14.7. The fourth-order valence-corrected chi connectivity index (χ4v) is 2.23. The van der Waals surface area contributed by atoms with Crippen LogP contribution in [-0.4, -0.2) is 5.78 Å². The topological polar surface area (TPSA) is 26.3 Å². The van der Waals surface area contributed by atoms with Gasteiger partial charge in [0.2, 0.25) is 0 Å². The second-order valence-corrected chi connectivity index (χ2v) is 5.35. The smallest absolute Gasteiger partial charge is 0.163 e. The van der Waals surface area contributed by atoms with Crippen molar-refractivity contribution in [3.05, 3.63) is 63.4 Å². The summed E-state index contributed by atoms with van der Waals surface area (Å²) >= 11 is 3.19. The maximum atomic E-state index is 13.4. The second kappa shape index (κ2) is 6.18. The number of ether oxygens (including phenoxy) is 1. The Bertz CT molecular complexity index is 653. The van der Waals surface area contributed by atoms with Crippen LogP contribution in [0.4, 0.5) is 4.39 Å². The van der Waals surface area contributed by atoms with E-state index < -0.39 is 0 Å². The fraction of sp³-hybridized carbons (Fsp3) is 0.188. The molecule has 2 aromatic rings. The van der Waals surface area contributed by atoms with Crippen molar-refractivity contribution in [1.29, 1.82) is 0 Å². The Morgan fingerprint density at radius 1 is 1.30 bits per heavy atom. The predicted octanol–water partition coefficient (Wildman–Crippen LogP) is 4.68. The van der Waals surface area contributed by atoms with Crippen molar-refractivity contribution in [3.63, 3.8) is 0 Å². The summed E-state index contributed by atoms with van der Waals surface area (Å²) in [6, 6.07) is 10.2. The van der Waals surface area contributed by atoms with E-state index in [2.05, 4.69) is 15.9 Å². The van der Waals surface area contributed by atoms with Gasteiger partial charge in [0.1, 0.15) is 18.2 Å². The van der Waals surface area contributed by atoms with Crippen LogP contribution < -0.4 is 4.74 Å². The summed E-state index contributed by atoms with van der Waals surface area (Å²) in [5.74, 6) is 0.133. The lowest BCUT2D eigenvalue weighted by atomic mass is 10.1. The Morgan fingerprint density at radius 2 is 2.05 bits per heavy atom. The molecule has 0 aromatic heterocycles. The van der Waals surface area contributed by atoms with Crippen molar-refractivity contribution in [2.45, 2.75) is 20.5 Å². The standard InChI is InChI=1S/C16H14BrFO2/c1-10-6-7-13(11(2)19)15(8-10)20-9-12-4-3-5-14(18)16(12)17/h3-8H,9H2,1-2H3. The zero-order valence-corrected chi connectivity index (χ0v) is 12.8. The van der Waals surface area contributed by atoms with Gasteiger partial charge in [0.25, 0.3) is 0 Å². The van der Waals surface area contributed by atoms with Gasteiger partial charge >= 0.3 is 0 Å². The van der Waals surface area contributed by atoms with E-state index in [0.717, 1.165) is 5.56 Å². The molecule has 2 rings (SSSR count). The molecule has 0 unspecified atom stereocenters. The van der Waals surface area contributed by atoms with Crippen LogP contribution >= 0.6 is 15.9 Å². The van der Waals surface area contributed by atoms with E-state index in [1.54, 1.807) is 18.2 Å². The molecule has 0 aliphatic carbocycles. The molecule has 0 saturated carbocycles. The third-order valence-electron chi connectivity index (χ3n) is 2.93. The first kappa shape index (κ1) is 14.7. The molecule has 2 nitrogen and oxygen atoms in total. The molecule has 4 heteroatoms. The number of ketones is 1. The number of Topliss-reactive ketones (excluding diaryl/α,β-unsaturated/α-hetero) is 1. The largest absolute Gasteiger partial charge is 0.488 e. The summed E-state index contributed by atoms with van der Waals surface area (Å²) in [7, 11) is 0. The van der Waals surface area contributed by atoms with Crippen LogP contribution in [0.5, 0.6) is 5.75 Å². The predicted molar refractivity (Wildman–Crippen MR) is 79.6 cm³/mol. The second-order valence-electron chi connectivity index (χ2n) is 4.56. The first-order valence-electron chi connectivity index (χ1n) is 6.16. The highest BCUT2D eigenvalue weighted by Crippen LogP contribution is 2.25. The van der Waals surface area contributed by atoms with Crippen LogP contribution in [0.25, 0.3) is 0 Å². The molecule has 2 aromatic carbocycles. The lowest BCUT2D eigenvalue weighted by Gasteiger charge is -2.12. The maximum absolute atomic E-state index is 13.4. The van der Waals surface area contributed by atoms with Gasteiger partial charge in [-0.3, -0.25) is 4.79 Å². The van der Waals surface area contributed by atoms with Crippen LogP contribution in [0.15, 0.2) is 40.9 Å². The van der Waals surface area contributed by atoms with E-state index in [4.69, 9.17) is 4.74 Å². The van der Waals surface area contributed by atoms with Crippen LogP contribution in [-0.2, 0) is 6.61 Å². The summed E-state index contributed by atoms with van der Waals surface area (Å²) < 4.78 is 19.5.